The van der Waals surface area contributed by atoms with E-state index in [9.17, 15) is 4.79 Å². The van der Waals surface area contributed by atoms with Gasteiger partial charge in [0.25, 0.3) is 0 Å². The van der Waals surface area contributed by atoms with Crippen molar-refractivity contribution in [1.29, 1.82) is 5.26 Å². The predicted molar refractivity (Wildman–Crippen MR) is 102 cm³/mol. The number of likely N-dealkylation sites (N-methyl/N-ethyl adjacent to an activating group) is 1. The van der Waals surface area contributed by atoms with E-state index in [4.69, 9.17) is 10.00 Å². The van der Waals surface area contributed by atoms with Crippen LogP contribution in [0, 0.1) is 11.3 Å². The van der Waals surface area contributed by atoms with E-state index in [1.54, 1.807) is 24.3 Å². The third kappa shape index (κ3) is 5.59. The molecular weight excluding hydrogens is 382 g/mol. The first-order valence-corrected chi connectivity index (χ1v) is 8.69. The second kappa shape index (κ2) is 9.21. The second-order valence-electron chi connectivity index (χ2n) is 5.61. The van der Waals surface area contributed by atoms with E-state index in [0.29, 0.717) is 24.4 Å². The molecule has 0 saturated carbocycles. The van der Waals surface area contributed by atoms with E-state index in [1.807, 2.05) is 43.1 Å². The molecule has 0 aliphatic rings. The van der Waals surface area contributed by atoms with Gasteiger partial charge in [-0.1, -0.05) is 28.1 Å². The van der Waals surface area contributed by atoms with E-state index < -0.39 is 0 Å². The average Bonchev–Trinajstić information content (AvgIpc) is 2.63. The topological polar surface area (TPSA) is 65.4 Å². The molecule has 0 aliphatic heterocycles. The molecule has 0 bridgehead atoms. The number of rotatable bonds is 7. The highest BCUT2D eigenvalue weighted by Crippen LogP contribution is 2.16. The minimum Gasteiger partial charge on any atom is -0.492 e. The van der Waals surface area contributed by atoms with Gasteiger partial charge in [0.1, 0.15) is 18.4 Å². The summed E-state index contributed by atoms with van der Waals surface area (Å²) < 4.78 is 6.68. The van der Waals surface area contributed by atoms with Crippen molar-refractivity contribution in [3.8, 4) is 11.8 Å². The molecule has 1 N–H and O–H groups in total. The van der Waals surface area contributed by atoms with Gasteiger partial charge < -0.3 is 10.1 Å². The van der Waals surface area contributed by atoms with Crippen molar-refractivity contribution in [2.75, 3.05) is 25.5 Å². The number of benzene rings is 2. The molecular formula is C19H20BrN3O2. The monoisotopic (exact) mass is 401 g/mol. The van der Waals surface area contributed by atoms with E-state index in [1.165, 1.54) is 0 Å². The minimum absolute atomic E-state index is 0.158. The number of carbonyl (C=O) groups is 1. The summed E-state index contributed by atoms with van der Waals surface area (Å²) in [5.74, 6) is 0.630. The zero-order valence-electron chi connectivity index (χ0n) is 14.2. The molecule has 0 heterocycles. The number of nitriles is 1. The number of ether oxygens (including phenoxy) is 1. The molecule has 0 radical (unpaired) electrons. The smallest absolute Gasteiger partial charge is 0.241 e. The molecule has 2 rings (SSSR count). The Labute approximate surface area is 156 Å². The number of anilines is 1. The van der Waals surface area contributed by atoms with Crippen LogP contribution in [0.4, 0.5) is 5.69 Å². The Bertz CT molecular complexity index is 756. The first kappa shape index (κ1) is 19.0. The average molecular weight is 402 g/mol. The highest BCUT2D eigenvalue weighted by Gasteiger charge is 2.18. The van der Waals surface area contributed by atoms with E-state index in [-0.39, 0.29) is 11.9 Å². The molecule has 0 fully saturated rings. The molecule has 1 atom stereocenters. The van der Waals surface area contributed by atoms with Crippen molar-refractivity contribution in [3.05, 3.63) is 58.6 Å². The fourth-order valence-electron chi connectivity index (χ4n) is 2.16. The van der Waals surface area contributed by atoms with Crippen molar-refractivity contribution < 1.29 is 9.53 Å². The van der Waals surface area contributed by atoms with E-state index in [0.717, 1.165) is 10.2 Å². The molecule has 130 valence electrons. The summed E-state index contributed by atoms with van der Waals surface area (Å²) in [5.41, 5.74) is 0.977. The zero-order valence-corrected chi connectivity index (χ0v) is 15.8. The summed E-state index contributed by atoms with van der Waals surface area (Å²) in [4.78, 5) is 14.3. The normalized spacial score (nSPS) is 11.6. The zero-order chi connectivity index (χ0) is 18.2. The summed E-state index contributed by atoms with van der Waals surface area (Å²) in [6, 6.07) is 16.3. The summed E-state index contributed by atoms with van der Waals surface area (Å²) in [6.45, 7) is 2.90. The van der Waals surface area contributed by atoms with Gasteiger partial charge >= 0.3 is 0 Å². The summed E-state index contributed by atoms with van der Waals surface area (Å²) in [5, 5.41) is 11.9. The van der Waals surface area contributed by atoms with Gasteiger partial charge in [0.15, 0.2) is 0 Å². The van der Waals surface area contributed by atoms with Crippen LogP contribution in [0.25, 0.3) is 0 Å². The number of nitrogens with one attached hydrogen (secondary N) is 1. The molecule has 1 amide bonds. The molecule has 0 spiro atoms. The number of carbonyl (C=O) groups excluding carboxylic acids is 1. The maximum atomic E-state index is 12.4. The standard InChI is InChI=1S/C19H20BrN3O2/c1-14(19(24)22-18-6-4-3-5-15(18)13-21)23(2)11-12-25-17-9-7-16(20)8-10-17/h3-10,14H,11-12H2,1-2H3,(H,22,24)/t14-/m1/s1. The molecule has 5 nitrogen and oxygen atoms in total. The van der Waals surface area contributed by atoms with Crippen molar-refractivity contribution in [2.45, 2.75) is 13.0 Å². The largest absolute Gasteiger partial charge is 0.492 e. The lowest BCUT2D eigenvalue weighted by molar-refractivity contribution is -0.120. The van der Waals surface area contributed by atoms with Crippen LogP contribution in [0.3, 0.4) is 0 Å². The Kier molecular flexibility index (Phi) is 6.99. The van der Waals surface area contributed by atoms with Gasteiger partial charge in [-0.15, -0.1) is 0 Å². The molecule has 25 heavy (non-hydrogen) atoms. The fraction of sp³-hybridized carbons (Fsp3) is 0.263. The van der Waals surface area contributed by atoms with Crippen LogP contribution in [0.5, 0.6) is 5.75 Å². The quantitative estimate of drug-likeness (QED) is 0.768. The fourth-order valence-corrected chi connectivity index (χ4v) is 2.42. The lowest BCUT2D eigenvalue weighted by atomic mass is 10.2. The van der Waals surface area contributed by atoms with Gasteiger partial charge in [-0.2, -0.15) is 5.26 Å². The Balaban J connectivity index is 1.84. The van der Waals surface area contributed by atoms with Gasteiger partial charge in [-0.05, 0) is 50.4 Å². The molecule has 2 aromatic rings. The number of halogens is 1. The van der Waals surface area contributed by atoms with Gasteiger partial charge in [-0.25, -0.2) is 0 Å². The van der Waals surface area contributed by atoms with Crippen molar-refractivity contribution >= 4 is 27.5 Å². The van der Waals surface area contributed by atoms with Crippen LogP contribution in [0.15, 0.2) is 53.0 Å². The number of hydrogen-bond acceptors (Lipinski definition) is 4. The molecule has 2 aromatic carbocycles. The van der Waals surface area contributed by atoms with Crippen molar-refractivity contribution in [1.82, 2.24) is 4.90 Å². The SMILES string of the molecule is C[C@H](C(=O)Nc1ccccc1C#N)N(C)CCOc1ccc(Br)cc1. The molecule has 0 aromatic heterocycles. The summed E-state index contributed by atoms with van der Waals surface area (Å²) in [7, 11) is 1.87. The van der Waals surface area contributed by atoms with Crippen LogP contribution in [-0.2, 0) is 4.79 Å². The third-order valence-corrected chi connectivity index (χ3v) is 4.40. The maximum Gasteiger partial charge on any atom is 0.241 e. The Morgan fingerprint density at radius 2 is 1.96 bits per heavy atom. The van der Waals surface area contributed by atoms with E-state index >= 15 is 0 Å². The maximum absolute atomic E-state index is 12.4. The van der Waals surface area contributed by atoms with Gasteiger partial charge in [0, 0.05) is 11.0 Å². The minimum atomic E-state index is -0.347. The Hall–Kier alpha value is -2.36. The third-order valence-electron chi connectivity index (χ3n) is 3.87. The number of amides is 1. The lowest BCUT2D eigenvalue weighted by Crippen LogP contribution is -2.41. The van der Waals surface area contributed by atoms with Crippen LogP contribution in [0.2, 0.25) is 0 Å². The first-order valence-electron chi connectivity index (χ1n) is 7.90. The Morgan fingerprint density at radius 1 is 1.28 bits per heavy atom. The van der Waals surface area contributed by atoms with Gasteiger partial charge in [-0.3, -0.25) is 9.69 Å². The highest BCUT2D eigenvalue weighted by molar-refractivity contribution is 9.10. The predicted octanol–water partition coefficient (Wildman–Crippen LogP) is 3.66. The molecule has 0 unspecified atom stereocenters. The van der Waals surface area contributed by atoms with E-state index in [2.05, 4.69) is 27.3 Å². The Morgan fingerprint density at radius 3 is 2.64 bits per heavy atom. The van der Waals surface area contributed by atoms with Crippen molar-refractivity contribution in [3.63, 3.8) is 0 Å². The summed E-state index contributed by atoms with van der Waals surface area (Å²) in [6.07, 6.45) is 0. The van der Waals surface area contributed by atoms with Crippen LogP contribution in [0.1, 0.15) is 12.5 Å². The van der Waals surface area contributed by atoms with Gasteiger partial charge in [0.2, 0.25) is 5.91 Å². The number of nitrogens with zero attached hydrogens (tertiary/aromatic N) is 2. The van der Waals surface area contributed by atoms with Crippen LogP contribution >= 0.6 is 15.9 Å². The van der Waals surface area contributed by atoms with Crippen molar-refractivity contribution in [2.24, 2.45) is 0 Å². The highest BCUT2D eigenvalue weighted by atomic mass is 79.9. The number of para-hydroxylation sites is 1. The molecule has 0 aliphatic carbocycles. The first-order chi connectivity index (χ1) is 12.0. The summed E-state index contributed by atoms with van der Waals surface area (Å²) >= 11 is 3.38. The molecule has 0 saturated heterocycles. The second-order valence-corrected chi connectivity index (χ2v) is 6.52. The number of hydrogen-bond donors (Lipinski definition) is 1. The van der Waals surface area contributed by atoms with Gasteiger partial charge in [0.05, 0.1) is 17.3 Å². The lowest BCUT2D eigenvalue weighted by Gasteiger charge is -2.24. The van der Waals surface area contributed by atoms with Crippen LogP contribution < -0.4 is 10.1 Å². The molecule has 6 heteroatoms. The van der Waals surface area contributed by atoms with Crippen LogP contribution in [-0.4, -0.2) is 37.0 Å².